The minimum absolute atomic E-state index is 0.104. The van der Waals surface area contributed by atoms with Crippen molar-refractivity contribution in [1.29, 1.82) is 0 Å². The number of methoxy groups -OCH3 is 1. The summed E-state index contributed by atoms with van der Waals surface area (Å²) in [7, 11) is 1.53. The molecule has 6 heteroatoms. The van der Waals surface area contributed by atoms with Crippen LogP contribution in [0.1, 0.15) is 20.8 Å². The first kappa shape index (κ1) is 15.8. The highest BCUT2D eigenvalue weighted by atomic mass is 16.5. The first-order chi connectivity index (χ1) is 9.24. The summed E-state index contributed by atoms with van der Waals surface area (Å²) in [4.78, 5) is 23.4. The maximum atomic E-state index is 11.8. The van der Waals surface area contributed by atoms with Crippen molar-refractivity contribution in [2.75, 3.05) is 24.7 Å². The van der Waals surface area contributed by atoms with Crippen LogP contribution in [0.3, 0.4) is 0 Å². The summed E-state index contributed by atoms with van der Waals surface area (Å²) >= 11 is 0. The first-order valence-corrected chi connectivity index (χ1v) is 6.25. The maximum absolute atomic E-state index is 11.8. The van der Waals surface area contributed by atoms with E-state index < -0.39 is 5.41 Å². The predicted octanol–water partition coefficient (Wildman–Crippen LogP) is 1.38. The fourth-order valence-corrected chi connectivity index (χ4v) is 1.39. The average molecular weight is 279 g/mol. The number of anilines is 2. The molecule has 0 atom stereocenters. The zero-order valence-corrected chi connectivity index (χ0v) is 12.2. The summed E-state index contributed by atoms with van der Waals surface area (Å²) in [6.45, 7) is 5.23. The van der Waals surface area contributed by atoms with Gasteiger partial charge >= 0.3 is 0 Å². The van der Waals surface area contributed by atoms with Crippen molar-refractivity contribution in [2.45, 2.75) is 20.8 Å². The average Bonchev–Trinajstić information content (AvgIpc) is 2.37. The molecule has 0 saturated heterocycles. The van der Waals surface area contributed by atoms with E-state index in [1.165, 1.54) is 7.11 Å². The molecule has 0 aliphatic carbocycles. The Labute approximate surface area is 118 Å². The van der Waals surface area contributed by atoms with E-state index >= 15 is 0 Å². The molecule has 0 aromatic heterocycles. The lowest BCUT2D eigenvalue weighted by atomic mass is 9.96. The lowest BCUT2D eigenvalue weighted by molar-refractivity contribution is -0.130. The molecule has 4 N–H and O–H groups in total. The van der Waals surface area contributed by atoms with Crippen LogP contribution < -0.4 is 21.1 Å². The van der Waals surface area contributed by atoms with Crippen molar-refractivity contribution in [3.63, 3.8) is 0 Å². The molecular formula is C14H21N3O3. The van der Waals surface area contributed by atoms with Crippen molar-refractivity contribution >= 4 is 23.2 Å². The lowest BCUT2D eigenvalue weighted by Crippen LogP contribution is -2.39. The normalized spacial score (nSPS) is 10.8. The van der Waals surface area contributed by atoms with E-state index in [0.29, 0.717) is 17.1 Å². The molecule has 0 saturated carbocycles. The highest BCUT2D eigenvalue weighted by Crippen LogP contribution is 2.24. The minimum atomic E-state index is -0.532. The number of benzene rings is 1. The predicted molar refractivity (Wildman–Crippen MR) is 78.5 cm³/mol. The Bertz CT molecular complexity index is 507. The van der Waals surface area contributed by atoms with Gasteiger partial charge in [0, 0.05) is 11.5 Å². The number of ether oxygens (including phenoxy) is 1. The topological polar surface area (TPSA) is 93.4 Å². The van der Waals surface area contributed by atoms with Crippen molar-refractivity contribution in [1.82, 2.24) is 5.32 Å². The highest BCUT2D eigenvalue weighted by molar-refractivity contribution is 5.97. The number of rotatable bonds is 4. The molecular weight excluding hydrogens is 258 g/mol. The molecule has 0 unspecified atom stereocenters. The second-order valence-electron chi connectivity index (χ2n) is 5.43. The van der Waals surface area contributed by atoms with E-state index in [1.54, 1.807) is 39.0 Å². The maximum Gasteiger partial charge on any atom is 0.243 e. The summed E-state index contributed by atoms with van der Waals surface area (Å²) < 4.78 is 5.06. The van der Waals surface area contributed by atoms with Crippen molar-refractivity contribution in [3.8, 4) is 5.75 Å². The third-order valence-corrected chi connectivity index (χ3v) is 2.63. The number of amides is 2. The van der Waals surface area contributed by atoms with Gasteiger partial charge in [-0.05, 0) is 12.1 Å². The molecule has 0 aliphatic heterocycles. The van der Waals surface area contributed by atoms with Crippen LogP contribution in [-0.2, 0) is 9.59 Å². The molecule has 0 bridgehead atoms. The van der Waals surface area contributed by atoms with Gasteiger partial charge in [0.1, 0.15) is 5.75 Å². The molecule has 2 amide bonds. The Morgan fingerprint density at radius 1 is 1.30 bits per heavy atom. The minimum Gasteiger partial charge on any atom is -0.497 e. The monoisotopic (exact) mass is 279 g/mol. The second kappa shape index (κ2) is 6.27. The van der Waals surface area contributed by atoms with Gasteiger partial charge in [-0.2, -0.15) is 0 Å². The van der Waals surface area contributed by atoms with Crippen LogP contribution in [-0.4, -0.2) is 25.5 Å². The molecule has 0 radical (unpaired) electrons. The summed E-state index contributed by atoms with van der Waals surface area (Å²) in [5, 5.41) is 5.20. The van der Waals surface area contributed by atoms with Gasteiger partial charge in [-0.15, -0.1) is 0 Å². The zero-order valence-electron chi connectivity index (χ0n) is 12.2. The summed E-state index contributed by atoms with van der Waals surface area (Å²) in [6, 6.07) is 4.97. The van der Waals surface area contributed by atoms with Crippen LogP contribution in [0.5, 0.6) is 5.75 Å². The molecule has 110 valence electrons. The van der Waals surface area contributed by atoms with Crippen LogP contribution in [0, 0.1) is 5.41 Å². The van der Waals surface area contributed by atoms with Gasteiger partial charge in [0.25, 0.3) is 0 Å². The number of nitrogens with one attached hydrogen (secondary N) is 2. The van der Waals surface area contributed by atoms with Gasteiger partial charge in [0.15, 0.2) is 0 Å². The van der Waals surface area contributed by atoms with Gasteiger partial charge in [0.2, 0.25) is 11.8 Å². The van der Waals surface area contributed by atoms with E-state index in [9.17, 15) is 9.59 Å². The van der Waals surface area contributed by atoms with Crippen LogP contribution in [0.2, 0.25) is 0 Å². The van der Waals surface area contributed by atoms with Crippen LogP contribution in [0.15, 0.2) is 18.2 Å². The van der Waals surface area contributed by atoms with E-state index in [4.69, 9.17) is 10.5 Å². The van der Waals surface area contributed by atoms with Crippen molar-refractivity contribution in [2.24, 2.45) is 5.41 Å². The quantitative estimate of drug-likeness (QED) is 0.726. The molecule has 1 rings (SSSR count). The molecule has 6 nitrogen and oxygen atoms in total. The van der Waals surface area contributed by atoms with E-state index in [1.807, 2.05) is 0 Å². The van der Waals surface area contributed by atoms with Gasteiger partial charge < -0.3 is 21.1 Å². The number of carbonyl (C=O) groups excluding carboxylic acids is 2. The van der Waals surface area contributed by atoms with Crippen LogP contribution in [0.4, 0.5) is 11.4 Å². The largest absolute Gasteiger partial charge is 0.497 e. The van der Waals surface area contributed by atoms with Gasteiger partial charge in [-0.1, -0.05) is 20.8 Å². The lowest BCUT2D eigenvalue weighted by Gasteiger charge is -2.17. The summed E-state index contributed by atoms with van der Waals surface area (Å²) in [5.41, 5.74) is 6.12. The molecule has 0 spiro atoms. The number of carbonyl (C=O) groups is 2. The Kier molecular flexibility index (Phi) is 4.96. The Hall–Kier alpha value is -2.24. The Balaban J connectivity index is 2.61. The number of nitrogen functional groups attached to an aromatic ring is 1. The van der Waals surface area contributed by atoms with Gasteiger partial charge in [-0.3, -0.25) is 9.59 Å². The molecule has 0 fully saturated rings. The number of hydrogen-bond donors (Lipinski definition) is 3. The Morgan fingerprint density at radius 2 is 1.95 bits per heavy atom. The van der Waals surface area contributed by atoms with E-state index in [0.717, 1.165) is 0 Å². The molecule has 0 aliphatic rings. The summed E-state index contributed by atoms with van der Waals surface area (Å²) in [5.74, 6) is 0.0574. The van der Waals surface area contributed by atoms with Gasteiger partial charge in [0.05, 0.1) is 25.0 Å². The fraction of sp³-hybridized carbons (Fsp3) is 0.429. The van der Waals surface area contributed by atoms with Crippen molar-refractivity contribution in [3.05, 3.63) is 18.2 Å². The molecule has 0 heterocycles. The number of hydrogen-bond acceptors (Lipinski definition) is 4. The smallest absolute Gasteiger partial charge is 0.243 e. The zero-order chi connectivity index (χ0) is 15.3. The van der Waals surface area contributed by atoms with E-state index in [-0.39, 0.29) is 18.4 Å². The van der Waals surface area contributed by atoms with Crippen LogP contribution >= 0.6 is 0 Å². The first-order valence-electron chi connectivity index (χ1n) is 6.25. The van der Waals surface area contributed by atoms with Crippen molar-refractivity contribution < 1.29 is 14.3 Å². The highest BCUT2D eigenvalue weighted by Gasteiger charge is 2.21. The fourth-order valence-electron chi connectivity index (χ4n) is 1.39. The number of nitrogens with two attached hydrogens (primary N) is 1. The molecule has 1 aromatic rings. The summed E-state index contributed by atoms with van der Waals surface area (Å²) in [6.07, 6.45) is 0. The molecule has 20 heavy (non-hydrogen) atoms. The third kappa shape index (κ3) is 4.46. The van der Waals surface area contributed by atoms with E-state index in [2.05, 4.69) is 10.6 Å². The third-order valence-electron chi connectivity index (χ3n) is 2.63. The standard InChI is InChI=1S/C14H21N3O3/c1-14(2,3)13(19)16-8-12(18)17-11-7-9(20-4)5-6-10(11)15/h5-7H,8,15H2,1-4H3,(H,16,19)(H,17,18). The Morgan fingerprint density at radius 3 is 2.50 bits per heavy atom. The second-order valence-corrected chi connectivity index (χ2v) is 5.43. The van der Waals surface area contributed by atoms with Crippen LogP contribution in [0.25, 0.3) is 0 Å². The SMILES string of the molecule is COc1ccc(N)c(NC(=O)CNC(=O)C(C)(C)C)c1. The van der Waals surface area contributed by atoms with Gasteiger partial charge in [-0.25, -0.2) is 0 Å². The molecule has 1 aromatic carbocycles.